The first-order valence-corrected chi connectivity index (χ1v) is 3.30. The summed E-state index contributed by atoms with van der Waals surface area (Å²) in [6, 6.07) is 0. The summed E-state index contributed by atoms with van der Waals surface area (Å²) < 4.78 is 0. The Morgan fingerprint density at radius 2 is 2.11 bits per heavy atom. The molecule has 0 rings (SSSR count). The smallest absolute Gasteiger partial charge is 0.152 e. The van der Waals surface area contributed by atoms with Gasteiger partial charge in [0.15, 0.2) is 5.78 Å². The molecule has 0 aliphatic carbocycles. The van der Waals surface area contributed by atoms with Crippen molar-refractivity contribution in [3.05, 3.63) is 12.2 Å². The number of carbonyl (C=O) groups is 1. The van der Waals surface area contributed by atoms with Crippen molar-refractivity contribution >= 4 is 5.78 Å². The van der Waals surface area contributed by atoms with Gasteiger partial charge in [-0.05, 0) is 25.3 Å². The molecule has 0 aromatic heterocycles. The molecule has 0 heterocycles. The van der Waals surface area contributed by atoms with Gasteiger partial charge in [-0.15, -0.1) is 0 Å². The second-order valence-electron chi connectivity index (χ2n) is 2.64. The Labute approximate surface area is 56.8 Å². The van der Waals surface area contributed by atoms with Gasteiger partial charge in [-0.2, -0.15) is 0 Å². The molecular formula is C8H14O. The van der Waals surface area contributed by atoms with Gasteiger partial charge in [0.1, 0.15) is 0 Å². The second kappa shape index (κ2) is 4.30. The predicted molar refractivity (Wildman–Crippen MR) is 39.3 cm³/mol. The highest BCUT2D eigenvalue weighted by Crippen LogP contribution is 1.99. The van der Waals surface area contributed by atoms with Gasteiger partial charge in [0.2, 0.25) is 0 Å². The molecule has 0 bridgehead atoms. The van der Waals surface area contributed by atoms with Gasteiger partial charge < -0.3 is 0 Å². The Kier molecular flexibility index (Phi) is 4.02. The summed E-state index contributed by atoms with van der Waals surface area (Å²) in [4.78, 5) is 10.3. The van der Waals surface area contributed by atoms with E-state index in [1.807, 2.05) is 6.08 Å². The average Bonchev–Trinajstić information content (AvgIpc) is 1.63. The fourth-order valence-corrected chi connectivity index (χ4v) is 0.506. The lowest BCUT2D eigenvalue weighted by Gasteiger charge is -1.94. The van der Waals surface area contributed by atoms with Gasteiger partial charge in [0.25, 0.3) is 0 Å². The number of ketones is 1. The molecule has 9 heavy (non-hydrogen) atoms. The molecule has 0 unspecified atom stereocenters. The Balaban J connectivity index is 3.36. The van der Waals surface area contributed by atoms with Crippen LogP contribution in [0.3, 0.4) is 0 Å². The third-order valence-corrected chi connectivity index (χ3v) is 0.960. The number of hydrogen-bond donors (Lipinski definition) is 0. The van der Waals surface area contributed by atoms with Gasteiger partial charge >= 0.3 is 0 Å². The molecular weight excluding hydrogens is 112 g/mol. The molecule has 0 spiro atoms. The van der Waals surface area contributed by atoms with Crippen molar-refractivity contribution in [3.8, 4) is 0 Å². The molecule has 0 aromatic rings. The van der Waals surface area contributed by atoms with Crippen molar-refractivity contribution < 1.29 is 4.79 Å². The number of carbonyl (C=O) groups excluding carboxylic acids is 1. The van der Waals surface area contributed by atoms with E-state index in [-0.39, 0.29) is 5.78 Å². The van der Waals surface area contributed by atoms with E-state index >= 15 is 0 Å². The maximum atomic E-state index is 10.3. The zero-order valence-electron chi connectivity index (χ0n) is 6.35. The van der Waals surface area contributed by atoms with E-state index in [0.717, 1.165) is 6.42 Å². The third-order valence-electron chi connectivity index (χ3n) is 0.960. The molecule has 1 nitrogen and oxygen atoms in total. The second-order valence-corrected chi connectivity index (χ2v) is 2.64. The van der Waals surface area contributed by atoms with Crippen LogP contribution in [0.2, 0.25) is 0 Å². The summed E-state index contributed by atoms with van der Waals surface area (Å²) >= 11 is 0. The number of rotatable bonds is 3. The summed E-state index contributed by atoms with van der Waals surface area (Å²) in [5, 5.41) is 0. The third kappa shape index (κ3) is 7.41. The summed E-state index contributed by atoms with van der Waals surface area (Å²) in [5.74, 6) is 0.788. The fourth-order valence-electron chi connectivity index (χ4n) is 0.506. The zero-order chi connectivity index (χ0) is 7.28. The van der Waals surface area contributed by atoms with Crippen molar-refractivity contribution in [1.82, 2.24) is 0 Å². The quantitative estimate of drug-likeness (QED) is 0.530. The van der Waals surface area contributed by atoms with Crippen LogP contribution in [0.5, 0.6) is 0 Å². The lowest BCUT2D eigenvalue weighted by atomic mass is 10.1. The summed E-state index contributed by atoms with van der Waals surface area (Å²) in [6.07, 6.45) is 4.55. The van der Waals surface area contributed by atoms with Crippen LogP contribution in [0.15, 0.2) is 12.2 Å². The van der Waals surface area contributed by atoms with Crippen LogP contribution >= 0.6 is 0 Å². The molecule has 52 valence electrons. The van der Waals surface area contributed by atoms with Crippen molar-refractivity contribution in [2.24, 2.45) is 5.92 Å². The first-order chi connectivity index (χ1) is 4.13. The van der Waals surface area contributed by atoms with Crippen LogP contribution in [0, 0.1) is 5.92 Å². The number of hydrogen-bond acceptors (Lipinski definition) is 1. The van der Waals surface area contributed by atoms with Crippen LogP contribution in [-0.4, -0.2) is 5.78 Å². The molecule has 0 radical (unpaired) electrons. The first kappa shape index (κ1) is 8.41. The lowest BCUT2D eigenvalue weighted by Crippen LogP contribution is -1.84. The van der Waals surface area contributed by atoms with Crippen LogP contribution in [-0.2, 0) is 4.79 Å². The summed E-state index contributed by atoms with van der Waals surface area (Å²) in [5.41, 5.74) is 0. The van der Waals surface area contributed by atoms with Crippen LogP contribution in [0.25, 0.3) is 0 Å². The van der Waals surface area contributed by atoms with Gasteiger partial charge in [-0.1, -0.05) is 19.9 Å². The van der Waals surface area contributed by atoms with Crippen LogP contribution in [0.1, 0.15) is 27.2 Å². The maximum Gasteiger partial charge on any atom is 0.152 e. The molecule has 0 saturated heterocycles. The summed E-state index contributed by atoms with van der Waals surface area (Å²) in [6.45, 7) is 5.83. The molecule has 0 aliphatic heterocycles. The van der Waals surface area contributed by atoms with E-state index in [4.69, 9.17) is 0 Å². The molecule has 0 aliphatic rings. The standard InChI is InChI=1S/C8H14O/c1-7(2)5-4-6-8(3)9/h4,6-7H,5H2,1-3H3/b6-4-. The van der Waals surface area contributed by atoms with E-state index in [2.05, 4.69) is 13.8 Å². The molecule has 0 amide bonds. The van der Waals surface area contributed by atoms with Gasteiger partial charge in [0, 0.05) is 0 Å². The van der Waals surface area contributed by atoms with Crippen LogP contribution in [0.4, 0.5) is 0 Å². The van der Waals surface area contributed by atoms with Crippen molar-refractivity contribution in [2.45, 2.75) is 27.2 Å². The minimum Gasteiger partial charge on any atom is -0.295 e. The van der Waals surface area contributed by atoms with E-state index in [1.54, 1.807) is 13.0 Å². The van der Waals surface area contributed by atoms with Crippen molar-refractivity contribution in [2.75, 3.05) is 0 Å². The molecule has 0 aromatic carbocycles. The zero-order valence-corrected chi connectivity index (χ0v) is 6.35. The van der Waals surface area contributed by atoms with Gasteiger partial charge in [-0.25, -0.2) is 0 Å². The molecule has 0 atom stereocenters. The van der Waals surface area contributed by atoms with Crippen LogP contribution < -0.4 is 0 Å². The minimum absolute atomic E-state index is 0.135. The highest BCUT2D eigenvalue weighted by Gasteiger charge is 1.87. The normalized spacial score (nSPS) is 11.1. The average molecular weight is 126 g/mol. The Morgan fingerprint density at radius 1 is 1.56 bits per heavy atom. The Hall–Kier alpha value is -0.590. The maximum absolute atomic E-state index is 10.3. The first-order valence-electron chi connectivity index (χ1n) is 3.30. The topological polar surface area (TPSA) is 17.1 Å². The Bertz CT molecular complexity index is 112. The summed E-state index contributed by atoms with van der Waals surface area (Å²) in [7, 11) is 0. The monoisotopic (exact) mass is 126 g/mol. The van der Waals surface area contributed by atoms with E-state index in [0.29, 0.717) is 5.92 Å². The highest BCUT2D eigenvalue weighted by molar-refractivity contribution is 5.87. The predicted octanol–water partition coefficient (Wildman–Crippen LogP) is 2.18. The fraction of sp³-hybridized carbons (Fsp3) is 0.625. The molecule has 0 saturated carbocycles. The molecule has 1 heteroatoms. The van der Waals surface area contributed by atoms with E-state index in [1.165, 1.54) is 0 Å². The lowest BCUT2D eigenvalue weighted by molar-refractivity contribution is -0.112. The van der Waals surface area contributed by atoms with E-state index in [9.17, 15) is 4.79 Å². The SMILES string of the molecule is CC(=O)/C=C\CC(C)C. The van der Waals surface area contributed by atoms with Gasteiger partial charge in [0.05, 0.1) is 0 Å². The van der Waals surface area contributed by atoms with E-state index < -0.39 is 0 Å². The molecule has 0 fully saturated rings. The number of allylic oxidation sites excluding steroid dienone is 2. The largest absolute Gasteiger partial charge is 0.295 e. The Morgan fingerprint density at radius 3 is 2.44 bits per heavy atom. The molecule has 0 N–H and O–H groups in total. The van der Waals surface area contributed by atoms with Crippen molar-refractivity contribution in [1.29, 1.82) is 0 Å². The highest BCUT2D eigenvalue weighted by atomic mass is 16.1. The van der Waals surface area contributed by atoms with Crippen molar-refractivity contribution in [3.63, 3.8) is 0 Å². The van der Waals surface area contributed by atoms with Gasteiger partial charge in [-0.3, -0.25) is 4.79 Å². The minimum atomic E-state index is 0.135.